The highest BCUT2D eigenvalue weighted by molar-refractivity contribution is 7.91. The molecule has 0 bridgehead atoms. The highest BCUT2D eigenvalue weighted by Crippen LogP contribution is 2.26. The first-order chi connectivity index (χ1) is 8.48. The fourth-order valence-corrected chi connectivity index (χ4v) is 3.46. The first-order valence-corrected chi connectivity index (χ1v) is 7.21. The predicted octanol–water partition coefficient (Wildman–Crippen LogP) is 1.21. The predicted molar refractivity (Wildman–Crippen MR) is 74.2 cm³/mol. The van der Waals surface area contributed by atoms with Crippen LogP contribution in [0.2, 0.25) is 0 Å². The zero-order valence-electron chi connectivity index (χ0n) is 10.5. The van der Waals surface area contributed by atoms with Gasteiger partial charge in [-0.25, -0.2) is 12.7 Å². The molecule has 18 heavy (non-hydrogen) atoms. The summed E-state index contributed by atoms with van der Waals surface area (Å²) in [6, 6.07) is 6.45. The Morgan fingerprint density at radius 3 is 2.56 bits per heavy atom. The molecule has 1 rings (SSSR count). The Hall–Kier alpha value is -1.34. The van der Waals surface area contributed by atoms with E-state index in [-0.39, 0.29) is 16.6 Å². The molecule has 0 aliphatic carbocycles. The Morgan fingerprint density at radius 2 is 2.06 bits per heavy atom. The number of hydrogen-bond acceptors (Lipinski definition) is 4. The Kier molecular flexibility index (Phi) is 4.92. The molecule has 0 heterocycles. The van der Waals surface area contributed by atoms with Crippen LogP contribution in [0.15, 0.2) is 29.2 Å². The molecule has 0 saturated heterocycles. The molecule has 1 aromatic carbocycles. The number of rotatable bonds is 4. The van der Waals surface area contributed by atoms with Gasteiger partial charge in [0.2, 0.25) is 0 Å². The second-order valence-corrected chi connectivity index (χ2v) is 5.59. The van der Waals surface area contributed by atoms with Gasteiger partial charge in [0.1, 0.15) is 10.6 Å². The molecule has 0 aliphatic rings. The van der Waals surface area contributed by atoms with Crippen LogP contribution < -0.4 is 10.1 Å². The topological polar surface area (TPSA) is 58.6 Å². The zero-order chi connectivity index (χ0) is 13.8. The van der Waals surface area contributed by atoms with E-state index in [0.717, 1.165) is 4.31 Å². The third kappa shape index (κ3) is 2.73. The average Bonchev–Trinajstić information content (AvgIpc) is 2.38. The van der Waals surface area contributed by atoms with Crippen LogP contribution in [0, 0.1) is 0 Å². The number of ether oxygens (including phenoxy) is 1. The summed E-state index contributed by atoms with van der Waals surface area (Å²) >= 11 is 5.00. The van der Waals surface area contributed by atoms with Gasteiger partial charge in [0.05, 0.1) is 7.11 Å². The molecule has 1 N–H and O–H groups in total. The molecule has 0 spiro atoms. The summed E-state index contributed by atoms with van der Waals surface area (Å²) in [5.41, 5.74) is 0. The molecule has 0 unspecified atom stereocenters. The first-order valence-electron chi connectivity index (χ1n) is 5.36. The van der Waals surface area contributed by atoms with E-state index in [0.29, 0.717) is 5.75 Å². The van der Waals surface area contributed by atoms with Crippen molar-refractivity contribution >= 4 is 27.4 Å². The lowest BCUT2D eigenvalue weighted by Crippen LogP contribution is -2.42. The molecular weight excluding hydrogens is 272 g/mol. The fourth-order valence-electron chi connectivity index (χ4n) is 1.50. The highest BCUT2D eigenvalue weighted by Gasteiger charge is 2.27. The number of methoxy groups -OCH3 is 1. The summed E-state index contributed by atoms with van der Waals surface area (Å²) in [6.07, 6.45) is 0. The molecule has 5 nitrogen and oxygen atoms in total. The minimum Gasteiger partial charge on any atom is -0.495 e. The molecule has 0 aliphatic heterocycles. The van der Waals surface area contributed by atoms with Gasteiger partial charge in [-0.3, -0.25) is 0 Å². The summed E-state index contributed by atoms with van der Waals surface area (Å²) in [5.74, 6) is 0.301. The van der Waals surface area contributed by atoms with E-state index in [2.05, 4.69) is 5.32 Å². The van der Waals surface area contributed by atoms with Gasteiger partial charge in [0.25, 0.3) is 10.0 Å². The largest absolute Gasteiger partial charge is 0.495 e. The van der Waals surface area contributed by atoms with E-state index in [9.17, 15) is 8.42 Å². The summed E-state index contributed by atoms with van der Waals surface area (Å²) in [6.45, 7) is 1.97. The number of nitrogens with one attached hydrogen (secondary N) is 1. The van der Waals surface area contributed by atoms with E-state index in [1.165, 1.54) is 13.2 Å². The van der Waals surface area contributed by atoms with Gasteiger partial charge in [-0.2, -0.15) is 0 Å². The summed E-state index contributed by atoms with van der Waals surface area (Å²) in [5, 5.41) is 2.82. The molecule has 0 amide bonds. The van der Waals surface area contributed by atoms with E-state index in [1.54, 1.807) is 32.2 Å². The third-order valence-corrected chi connectivity index (χ3v) is 4.82. The summed E-state index contributed by atoms with van der Waals surface area (Å²) < 4.78 is 31.1. The van der Waals surface area contributed by atoms with Crippen molar-refractivity contribution in [2.75, 3.05) is 20.7 Å². The van der Waals surface area contributed by atoms with Gasteiger partial charge < -0.3 is 10.1 Å². The van der Waals surface area contributed by atoms with Crippen LogP contribution in [0.25, 0.3) is 0 Å². The van der Waals surface area contributed by atoms with Gasteiger partial charge >= 0.3 is 0 Å². The Morgan fingerprint density at radius 1 is 1.44 bits per heavy atom. The molecular formula is C11H16N2O3S2. The SMILES string of the molecule is CCN(C(=S)NC)S(=O)(=O)c1ccccc1OC. The molecule has 100 valence electrons. The van der Waals surface area contributed by atoms with Crippen LogP contribution in [0.4, 0.5) is 0 Å². The minimum atomic E-state index is -3.70. The lowest BCUT2D eigenvalue weighted by molar-refractivity contribution is 0.401. The van der Waals surface area contributed by atoms with E-state index < -0.39 is 10.0 Å². The number of thiocarbonyl (C=S) groups is 1. The van der Waals surface area contributed by atoms with Crippen LogP contribution in [-0.2, 0) is 10.0 Å². The first kappa shape index (κ1) is 14.7. The normalized spacial score (nSPS) is 10.8. The molecule has 0 radical (unpaired) electrons. The zero-order valence-corrected chi connectivity index (χ0v) is 12.1. The average molecular weight is 288 g/mol. The molecule has 0 aromatic heterocycles. The van der Waals surface area contributed by atoms with Crippen LogP contribution in [0.3, 0.4) is 0 Å². The van der Waals surface area contributed by atoms with Crippen LogP contribution >= 0.6 is 12.2 Å². The lowest BCUT2D eigenvalue weighted by Gasteiger charge is -2.23. The summed E-state index contributed by atoms with van der Waals surface area (Å²) in [4.78, 5) is 0.104. The van der Waals surface area contributed by atoms with Crippen molar-refractivity contribution in [3.8, 4) is 5.75 Å². The van der Waals surface area contributed by atoms with Gasteiger partial charge in [-0.1, -0.05) is 12.1 Å². The van der Waals surface area contributed by atoms with Crippen molar-refractivity contribution < 1.29 is 13.2 Å². The molecule has 0 atom stereocenters. The number of para-hydroxylation sites is 1. The molecule has 0 saturated carbocycles. The number of benzene rings is 1. The molecule has 1 aromatic rings. The van der Waals surface area contributed by atoms with Crippen molar-refractivity contribution in [3.05, 3.63) is 24.3 Å². The smallest absolute Gasteiger partial charge is 0.269 e. The standard InChI is InChI=1S/C11H16N2O3S2/c1-4-13(11(17)12-2)18(14,15)10-8-6-5-7-9(10)16-3/h5-8H,4H2,1-3H3,(H,12,17). The molecule has 0 fully saturated rings. The maximum absolute atomic E-state index is 12.5. The van der Waals surface area contributed by atoms with E-state index >= 15 is 0 Å². The third-order valence-electron chi connectivity index (χ3n) is 2.36. The van der Waals surface area contributed by atoms with Crippen LogP contribution in [0.5, 0.6) is 5.75 Å². The van der Waals surface area contributed by atoms with E-state index in [4.69, 9.17) is 17.0 Å². The Bertz CT molecular complexity index is 529. The second-order valence-electron chi connectivity index (χ2n) is 3.38. The lowest BCUT2D eigenvalue weighted by atomic mass is 10.3. The number of hydrogen-bond donors (Lipinski definition) is 1. The number of sulfonamides is 1. The minimum absolute atomic E-state index is 0.104. The maximum atomic E-state index is 12.5. The maximum Gasteiger partial charge on any atom is 0.269 e. The van der Waals surface area contributed by atoms with Crippen molar-refractivity contribution in [2.24, 2.45) is 0 Å². The monoisotopic (exact) mass is 288 g/mol. The fraction of sp³-hybridized carbons (Fsp3) is 0.364. The van der Waals surface area contributed by atoms with Crippen molar-refractivity contribution in [1.82, 2.24) is 9.62 Å². The van der Waals surface area contributed by atoms with Crippen LogP contribution in [-0.4, -0.2) is 38.5 Å². The van der Waals surface area contributed by atoms with E-state index in [1.807, 2.05) is 0 Å². The van der Waals surface area contributed by atoms with Gasteiger partial charge in [0.15, 0.2) is 5.11 Å². The van der Waals surface area contributed by atoms with Gasteiger partial charge in [-0.15, -0.1) is 0 Å². The van der Waals surface area contributed by atoms with Crippen molar-refractivity contribution in [1.29, 1.82) is 0 Å². The van der Waals surface area contributed by atoms with Crippen LogP contribution in [0.1, 0.15) is 6.92 Å². The quantitative estimate of drug-likeness (QED) is 0.844. The second kappa shape index (κ2) is 6.01. The number of nitrogens with zero attached hydrogens (tertiary/aromatic N) is 1. The van der Waals surface area contributed by atoms with Gasteiger partial charge in [0, 0.05) is 13.6 Å². The van der Waals surface area contributed by atoms with Crippen molar-refractivity contribution in [2.45, 2.75) is 11.8 Å². The highest BCUT2D eigenvalue weighted by atomic mass is 32.2. The summed E-state index contributed by atoms with van der Waals surface area (Å²) in [7, 11) is -0.683. The Balaban J connectivity index is 3.32. The molecule has 7 heteroatoms. The van der Waals surface area contributed by atoms with Crippen molar-refractivity contribution in [3.63, 3.8) is 0 Å². The van der Waals surface area contributed by atoms with Gasteiger partial charge in [-0.05, 0) is 31.3 Å². The Labute approximate surface area is 113 Å².